The Balaban J connectivity index is 1.08. The zero-order valence-corrected chi connectivity index (χ0v) is 23.6. The molecule has 0 radical (unpaired) electrons. The van der Waals surface area contributed by atoms with Gasteiger partial charge >= 0.3 is 0 Å². The van der Waals surface area contributed by atoms with Crippen LogP contribution in [0.25, 0.3) is 11.0 Å². The van der Waals surface area contributed by atoms with Crippen LogP contribution in [0.1, 0.15) is 29.4 Å². The minimum atomic E-state index is -0.791. The molecule has 0 saturated carbocycles. The minimum absolute atomic E-state index is 0.250. The summed E-state index contributed by atoms with van der Waals surface area (Å²) in [5.74, 6) is 2.76. The highest BCUT2D eigenvalue weighted by atomic mass is 32.2. The van der Waals surface area contributed by atoms with Gasteiger partial charge in [0.15, 0.2) is 0 Å². The normalized spacial score (nSPS) is 16.6. The molecule has 2 heterocycles. The van der Waals surface area contributed by atoms with Crippen LogP contribution < -0.4 is 14.8 Å². The van der Waals surface area contributed by atoms with Crippen molar-refractivity contribution >= 4 is 33.9 Å². The first-order chi connectivity index (χ1) is 19.8. The third-order valence-corrected chi connectivity index (χ3v) is 8.27. The summed E-state index contributed by atoms with van der Waals surface area (Å²) in [7, 11) is 1.96. The maximum atomic E-state index is 12.1. The molecule has 6 rings (SSSR count). The summed E-state index contributed by atoms with van der Waals surface area (Å²) in [5, 5.41) is 2.06. The first-order valence-corrected chi connectivity index (χ1v) is 14.2. The lowest BCUT2D eigenvalue weighted by atomic mass is 9.99. The summed E-state index contributed by atoms with van der Waals surface area (Å²) in [6.07, 6.45) is 1.35. The van der Waals surface area contributed by atoms with E-state index in [9.17, 15) is 9.59 Å². The zero-order chi connectivity index (χ0) is 28.4. The number of benzene rings is 4. The highest BCUT2D eigenvalue weighted by Gasteiger charge is 2.43. The van der Waals surface area contributed by atoms with Gasteiger partial charge < -0.3 is 14.0 Å². The van der Waals surface area contributed by atoms with Crippen molar-refractivity contribution in [2.45, 2.75) is 31.1 Å². The molecule has 1 aliphatic heterocycles. The van der Waals surface area contributed by atoms with Crippen LogP contribution in [0, 0.1) is 0 Å². The van der Waals surface area contributed by atoms with E-state index in [0.717, 1.165) is 52.1 Å². The number of thioether (sulfide) groups is 1. The molecule has 2 amide bonds. The summed E-state index contributed by atoms with van der Waals surface area (Å²) < 4.78 is 13.4. The standard InChI is InChI=1S/C33H29N3O4S/c1-33(31(37)35-32(38)41-33)20-24-10-12-25(13-11-24)39-21-30-34-28-17-16-27(19-29(28)36(30)2)40-26-14-8-23(9-15-26)18-22-6-4-3-5-7-22/h3-17,19H,18,20-21H2,1-2H3,(H,35,37,38)/t33-/m0/s1. The van der Waals surface area contributed by atoms with E-state index in [-0.39, 0.29) is 11.1 Å². The number of imide groups is 1. The van der Waals surface area contributed by atoms with Crippen LogP contribution in [0.5, 0.6) is 17.2 Å². The number of carbonyl (C=O) groups excluding carboxylic acids is 2. The second kappa shape index (κ2) is 11.1. The van der Waals surface area contributed by atoms with E-state index in [1.54, 1.807) is 6.92 Å². The summed E-state index contributed by atoms with van der Waals surface area (Å²) in [5.41, 5.74) is 5.28. The summed E-state index contributed by atoms with van der Waals surface area (Å²) >= 11 is 1.04. The highest BCUT2D eigenvalue weighted by Crippen LogP contribution is 2.35. The first-order valence-electron chi connectivity index (χ1n) is 13.4. The molecule has 0 aliphatic carbocycles. The number of nitrogens with one attached hydrogen (secondary N) is 1. The van der Waals surface area contributed by atoms with Gasteiger partial charge in [-0.3, -0.25) is 14.9 Å². The summed E-state index contributed by atoms with van der Waals surface area (Å²) in [6.45, 7) is 2.08. The van der Waals surface area contributed by atoms with Gasteiger partial charge in [-0.2, -0.15) is 0 Å². The Hall–Kier alpha value is -4.56. The van der Waals surface area contributed by atoms with Gasteiger partial charge in [-0.15, -0.1) is 0 Å². The van der Waals surface area contributed by atoms with Crippen LogP contribution in [0.2, 0.25) is 0 Å². The summed E-state index contributed by atoms with van der Waals surface area (Å²) in [4.78, 5) is 28.5. The van der Waals surface area contributed by atoms with E-state index in [1.165, 1.54) is 11.1 Å². The fourth-order valence-corrected chi connectivity index (χ4v) is 5.85. The third kappa shape index (κ3) is 5.98. The molecule has 1 atom stereocenters. The van der Waals surface area contributed by atoms with E-state index in [2.05, 4.69) is 41.7 Å². The van der Waals surface area contributed by atoms with Crippen molar-refractivity contribution in [3.63, 3.8) is 0 Å². The van der Waals surface area contributed by atoms with Crippen LogP contribution in [-0.2, 0) is 31.3 Å². The number of nitrogens with zero attached hydrogens (tertiary/aromatic N) is 2. The van der Waals surface area contributed by atoms with Gasteiger partial charge in [0.1, 0.15) is 34.4 Å². The molecule has 1 N–H and O–H groups in total. The molecule has 206 valence electrons. The number of hydrogen-bond acceptors (Lipinski definition) is 6. The molecule has 1 saturated heterocycles. The average Bonchev–Trinajstić information content (AvgIpc) is 3.42. The van der Waals surface area contributed by atoms with Crippen LogP contribution in [0.4, 0.5) is 4.79 Å². The lowest BCUT2D eigenvalue weighted by Gasteiger charge is -2.18. The molecule has 0 unspecified atom stereocenters. The number of fused-ring (bicyclic) bond motifs is 1. The smallest absolute Gasteiger partial charge is 0.286 e. The van der Waals surface area contributed by atoms with Gasteiger partial charge in [-0.05, 0) is 84.6 Å². The molecule has 8 heteroatoms. The van der Waals surface area contributed by atoms with Gasteiger partial charge in [0.05, 0.1) is 11.0 Å². The van der Waals surface area contributed by atoms with Crippen molar-refractivity contribution in [2.75, 3.05) is 0 Å². The molecule has 1 aliphatic rings. The van der Waals surface area contributed by atoms with Gasteiger partial charge in [0.2, 0.25) is 5.91 Å². The quantitative estimate of drug-likeness (QED) is 0.212. The SMILES string of the molecule is Cn1c(COc2ccc(C[C@]3(C)SC(=O)NC3=O)cc2)nc2ccc(Oc3ccc(Cc4ccccc4)cc3)cc21. The molecule has 0 bridgehead atoms. The first kappa shape index (κ1) is 26.7. The topological polar surface area (TPSA) is 82.5 Å². The number of imidazole rings is 1. The molecule has 41 heavy (non-hydrogen) atoms. The van der Waals surface area contributed by atoms with Crippen molar-refractivity contribution in [3.05, 3.63) is 120 Å². The average molecular weight is 564 g/mol. The minimum Gasteiger partial charge on any atom is -0.486 e. The predicted octanol–water partition coefficient (Wildman–Crippen LogP) is 6.82. The van der Waals surface area contributed by atoms with E-state index in [4.69, 9.17) is 14.5 Å². The fraction of sp³-hybridized carbons (Fsp3) is 0.182. The molecular weight excluding hydrogens is 534 g/mol. The van der Waals surface area contributed by atoms with Crippen molar-refractivity contribution in [2.24, 2.45) is 7.05 Å². The molecule has 5 aromatic rings. The number of hydrogen-bond donors (Lipinski definition) is 1. The Bertz CT molecular complexity index is 1720. The number of carbonyl (C=O) groups is 2. The number of amides is 2. The third-order valence-electron chi connectivity index (χ3n) is 7.20. The van der Waals surface area contributed by atoms with E-state index in [1.807, 2.05) is 72.3 Å². The van der Waals surface area contributed by atoms with Gasteiger partial charge in [0.25, 0.3) is 5.24 Å². The van der Waals surface area contributed by atoms with Crippen molar-refractivity contribution in [3.8, 4) is 17.2 Å². The van der Waals surface area contributed by atoms with E-state index >= 15 is 0 Å². The lowest BCUT2D eigenvalue weighted by molar-refractivity contribution is -0.121. The van der Waals surface area contributed by atoms with Gasteiger partial charge in [-0.1, -0.05) is 54.6 Å². The van der Waals surface area contributed by atoms with Crippen LogP contribution in [0.15, 0.2) is 97.1 Å². The highest BCUT2D eigenvalue weighted by molar-refractivity contribution is 8.16. The van der Waals surface area contributed by atoms with Crippen molar-refractivity contribution in [1.82, 2.24) is 14.9 Å². The van der Waals surface area contributed by atoms with Crippen LogP contribution in [-0.4, -0.2) is 25.4 Å². The van der Waals surface area contributed by atoms with Crippen LogP contribution >= 0.6 is 11.8 Å². The number of aromatic nitrogens is 2. The van der Waals surface area contributed by atoms with Crippen LogP contribution in [0.3, 0.4) is 0 Å². The Kier molecular flexibility index (Phi) is 7.24. The molecular formula is C33H29N3O4S. The Morgan fingerprint density at radius 2 is 1.49 bits per heavy atom. The maximum absolute atomic E-state index is 12.1. The van der Waals surface area contributed by atoms with Gasteiger partial charge in [0, 0.05) is 13.1 Å². The summed E-state index contributed by atoms with van der Waals surface area (Å²) in [6, 6.07) is 32.0. The largest absolute Gasteiger partial charge is 0.486 e. The molecule has 4 aromatic carbocycles. The lowest BCUT2D eigenvalue weighted by Crippen LogP contribution is -2.35. The second-order valence-corrected chi connectivity index (χ2v) is 11.8. The molecule has 0 spiro atoms. The zero-order valence-electron chi connectivity index (χ0n) is 22.8. The van der Waals surface area contributed by atoms with E-state index in [0.29, 0.717) is 18.8 Å². The predicted molar refractivity (Wildman–Crippen MR) is 160 cm³/mol. The number of ether oxygens (including phenoxy) is 2. The maximum Gasteiger partial charge on any atom is 0.286 e. The van der Waals surface area contributed by atoms with Crippen molar-refractivity contribution < 1.29 is 19.1 Å². The molecule has 7 nitrogen and oxygen atoms in total. The fourth-order valence-electron chi connectivity index (χ4n) is 4.91. The Morgan fingerprint density at radius 1 is 0.829 bits per heavy atom. The Morgan fingerprint density at radius 3 is 2.20 bits per heavy atom. The molecule has 1 aromatic heterocycles. The number of rotatable bonds is 9. The van der Waals surface area contributed by atoms with Crippen molar-refractivity contribution in [1.29, 1.82) is 0 Å². The van der Waals surface area contributed by atoms with E-state index < -0.39 is 4.75 Å². The number of aryl methyl sites for hydroxylation is 1. The monoisotopic (exact) mass is 563 g/mol. The second-order valence-electron chi connectivity index (χ2n) is 10.3. The Labute approximate surface area is 242 Å². The van der Waals surface area contributed by atoms with Gasteiger partial charge in [-0.25, -0.2) is 4.98 Å². The molecule has 1 fully saturated rings.